The van der Waals surface area contributed by atoms with Gasteiger partial charge in [0.15, 0.2) is 5.78 Å². The second-order valence-corrected chi connectivity index (χ2v) is 7.22. The monoisotopic (exact) mass is 349 g/mol. The van der Waals surface area contributed by atoms with Crippen LogP contribution in [0.25, 0.3) is 6.08 Å². The van der Waals surface area contributed by atoms with Gasteiger partial charge in [0.05, 0.1) is 5.75 Å². The molecule has 0 amide bonds. The average Bonchev–Trinajstić information content (AvgIpc) is 2.54. The molecule has 0 aliphatic rings. The maximum absolute atomic E-state index is 12.1. The number of sulfonamides is 1. The van der Waals surface area contributed by atoms with Crippen molar-refractivity contribution in [1.29, 1.82) is 0 Å². The van der Waals surface area contributed by atoms with E-state index in [1.54, 1.807) is 43.3 Å². The fourth-order valence-corrected chi connectivity index (χ4v) is 2.66. The number of halogens is 1. The van der Waals surface area contributed by atoms with Crippen LogP contribution in [-0.2, 0) is 10.0 Å². The Morgan fingerprint density at radius 2 is 1.78 bits per heavy atom. The van der Waals surface area contributed by atoms with Gasteiger partial charge < -0.3 is 0 Å². The van der Waals surface area contributed by atoms with E-state index in [1.807, 2.05) is 18.2 Å². The topological polar surface area (TPSA) is 63.2 Å². The lowest BCUT2D eigenvalue weighted by molar-refractivity contribution is 0.104. The summed E-state index contributed by atoms with van der Waals surface area (Å²) in [5.41, 5.74) is 1.65. The fourth-order valence-electron chi connectivity index (χ4n) is 1.83. The Balaban J connectivity index is 2.10. The van der Waals surface area contributed by atoms with Crippen LogP contribution in [0, 0.1) is 0 Å². The predicted molar refractivity (Wildman–Crippen MR) is 94.3 cm³/mol. The summed E-state index contributed by atoms with van der Waals surface area (Å²) in [6, 6.07) is 13.5. The molecule has 0 aromatic heterocycles. The number of hydrogen-bond acceptors (Lipinski definition) is 3. The van der Waals surface area contributed by atoms with Crippen LogP contribution in [0.4, 0.5) is 5.69 Å². The maximum Gasteiger partial charge on any atom is 0.232 e. The Labute approximate surface area is 140 Å². The van der Waals surface area contributed by atoms with Crippen molar-refractivity contribution in [2.75, 3.05) is 10.5 Å². The smallest absolute Gasteiger partial charge is 0.232 e. The Morgan fingerprint density at radius 3 is 2.39 bits per heavy atom. The van der Waals surface area contributed by atoms with Gasteiger partial charge in [0, 0.05) is 16.3 Å². The van der Waals surface area contributed by atoms with Gasteiger partial charge in [-0.15, -0.1) is 0 Å². The van der Waals surface area contributed by atoms with Crippen LogP contribution >= 0.6 is 11.6 Å². The van der Waals surface area contributed by atoms with Gasteiger partial charge in [0.1, 0.15) is 0 Å². The van der Waals surface area contributed by atoms with Crippen molar-refractivity contribution in [3.8, 4) is 0 Å². The van der Waals surface area contributed by atoms with Crippen LogP contribution in [0.15, 0.2) is 54.6 Å². The summed E-state index contributed by atoms with van der Waals surface area (Å²) in [5.74, 6) is -0.191. The Hall–Kier alpha value is -2.11. The number of ketones is 1. The van der Waals surface area contributed by atoms with E-state index in [4.69, 9.17) is 11.6 Å². The van der Waals surface area contributed by atoms with Crippen LogP contribution in [0.2, 0.25) is 5.02 Å². The van der Waals surface area contributed by atoms with Crippen molar-refractivity contribution in [3.63, 3.8) is 0 Å². The molecule has 2 aromatic carbocycles. The van der Waals surface area contributed by atoms with Gasteiger partial charge in [0.25, 0.3) is 0 Å². The number of rotatable bonds is 6. The number of anilines is 1. The van der Waals surface area contributed by atoms with E-state index in [9.17, 15) is 13.2 Å². The summed E-state index contributed by atoms with van der Waals surface area (Å²) in [6.45, 7) is 1.56. The largest absolute Gasteiger partial charge is 0.289 e. The zero-order valence-corrected chi connectivity index (χ0v) is 14.1. The number of carbonyl (C=O) groups excluding carboxylic acids is 1. The van der Waals surface area contributed by atoms with Gasteiger partial charge in [-0.2, -0.15) is 0 Å². The van der Waals surface area contributed by atoms with Gasteiger partial charge in [0.2, 0.25) is 10.0 Å². The highest BCUT2D eigenvalue weighted by atomic mass is 35.5. The standard InChI is InChI=1S/C17H16ClNO3S/c1-2-23(21,22)19-15-10-7-14(8-11-15)17(20)12-9-13-5-3-4-6-16(13)18/h3-12,19H,2H2,1H3/b12-9+. The number of benzene rings is 2. The van der Waals surface area contributed by atoms with Crippen molar-refractivity contribution in [2.24, 2.45) is 0 Å². The number of hydrogen-bond donors (Lipinski definition) is 1. The van der Waals surface area contributed by atoms with Crippen LogP contribution in [0.1, 0.15) is 22.8 Å². The van der Waals surface area contributed by atoms with Crippen molar-refractivity contribution in [1.82, 2.24) is 0 Å². The molecule has 120 valence electrons. The summed E-state index contributed by atoms with van der Waals surface area (Å²) in [7, 11) is -3.32. The molecule has 2 aromatic rings. The number of allylic oxidation sites excluding steroid dienone is 1. The lowest BCUT2D eigenvalue weighted by Gasteiger charge is -2.06. The molecule has 0 bridgehead atoms. The lowest BCUT2D eigenvalue weighted by Crippen LogP contribution is -2.14. The molecule has 4 nitrogen and oxygen atoms in total. The Kier molecular flexibility index (Phi) is 5.58. The molecule has 0 saturated carbocycles. The Morgan fingerprint density at radius 1 is 1.13 bits per heavy atom. The molecular formula is C17H16ClNO3S. The molecule has 1 N–H and O–H groups in total. The van der Waals surface area contributed by atoms with E-state index in [0.29, 0.717) is 16.3 Å². The zero-order valence-electron chi connectivity index (χ0n) is 12.5. The van der Waals surface area contributed by atoms with E-state index in [1.165, 1.54) is 6.08 Å². The molecule has 0 unspecified atom stereocenters. The Bertz CT molecular complexity index is 827. The second kappa shape index (κ2) is 7.44. The van der Waals surface area contributed by atoms with Gasteiger partial charge in [-0.3, -0.25) is 9.52 Å². The molecular weight excluding hydrogens is 334 g/mol. The minimum atomic E-state index is -3.32. The molecule has 2 rings (SSSR count). The highest BCUT2D eigenvalue weighted by Gasteiger charge is 2.07. The van der Waals surface area contributed by atoms with Crippen molar-refractivity contribution < 1.29 is 13.2 Å². The second-order valence-electron chi connectivity index (χ2n) is 4.80. The van der Waals surface area contributed by atoms with E-state index in [0.717, 1.165) is 5.56 Å². The first-order valence-corrected chi connectivity index (χ1v) is 9.02. The molecule has 0 heterocycles. The van der Waals surface area contributed by atoms with Crippen molar-refractivity contribution in [2.45, 2.75) is 6.92 Å². The molecule has 23 heavy (non-hydrogen) atoms. The molecule has 0 atom stereocenters. The highest BCUT2D eigenvalue weighted by Crippen LogP contribution is 2.17. The minimum Gasteiger partial charge on any atom is -0.289 e. The minimum absolute atomic E-state index is 0.00570. The normalized spacial score (nSPS) is 11.6. The van der Waals surface area contributed by atoms with Gasteiger partial charge in [-0.05, 0) is 55.0 Å². The molecule has 6 heteroatoms. The third-order valence-electron chi connectivity index (χ3n) is 3.14. The van der Waals surface area contributed by atoms with Gasteiger partial charge in [-0.25, -0.2) is 8.42 Å². The summed E-state index contributed by atoms with van der Waals surface area (Å²) in [6.07, 6.45) is 3.09. The molecule has 0 aliphatic heterocycles. The first-order chi connectivity index (χ1) is 10.9. The summed E-state index contributed by atoms with van der Waals surface area (Å²) in [5, 5.41) is 0.570. The number of carbonyl (C=O) groups is 1. The van der Waals surface area contributed by atoms with E-state index < -0.39 is 10.0 Å². The van der Waals surface area contributed by atoms with E-state index >= 15 is 0 Å². The summed E-state index contributed by atoms with van der Waals surface area (Å²) >= 11 is 6.02. The first-order valence-electron chi connectivity index (χ1n) is 6.99. The van der Waals surface area contributed by atoms with Crippen LogP contribution in [-0.4, -0.2) is 20.0 Å². The molecule has 0 fully saturated rings. The van der Waals surface area contributed by atoms with Crippen LogP contribution in [0.3, 0.4) is 0 Å². The van der Waals surface area contributed by atoms with Crippen LogP contribution in [0.5, 0.6) is 0 Å². The van der Waals surface area contributed by atoms with Crippen LogP contribution < -0.4 is 4.72 Å². The maximum atomic E-state index is 12.1. The zero-order chi connectivity index (χ0) is 16.9. The SMILES string of the molecule is CCS(=O)(=O)Nc1ccc(C(=O)/C=C/c2ccccc2Cl)cc1. The predicted octanol–water partition coefficient (Wildman–Crippen LogP) is 4.00. The lowest BCUT2D eigenvalue weighted by atomic mass is 10.1. The fraction of sp³-hybridized carbons (Fsp3) is 0.118. The molecule has 0 radical (unpaired) electrons. The first kappa shape index (κ1) is 17.2. The summed E-state index contributed by atoms with van der Waals surface area (Å²) in [4.78, 5) is 12.1. The molecule has 0 spiro atoms. The van der Waals surface area contributed by atoms with E-state index in [2.05, 4.69) is 4.72 Å². The van der Waals surface area contributed by atoms with Gasteiger partial charge >= 0.3 is 0 Å². The van der Waals surface area contributed by atoms with Crippen molar-refractivity contribution in [3.05, 3.63) is 70.8 Å². The molecule has 0 saturated heterocycles. The molecule has 0 aliphatic carbocycles. The highest BCUT2D eigenvalue weighted by molar-refractivity contribution is 7.92. The third-order valence-corrected chi connectivity index (χ3v) is 4.79. The van der Waals surface area contributed by atoms with E-state index in [-0.39, 0.29) is 11.5 Å². The van der Waals surface area contributed by atoms with Crippen molar-refractivity contribution >= 4 is 39.2 Å². The van der Waals surface area contributed by atoms with Gasteiger partial charge in [-0.1, -0.05) is 29.8 Å². The summed E-state index contributed by atoms with van der Waals surface area (Å²) < 4.78 is 25.4. The quantitative estimate of drug-likeness (QED) is 0.633. The number of nitrogens with one attached hydrogen (secondary N) is 1. The average molecular weight is 350 g/mol. The third kappa shape index (κ3) is 4.94.